The minimum atomic E-state index is -0.174. The number of rotatable bonds is 3. The Bertz CT molecular complexity index is 1280. The fourth-order valence-electron chi connectivity index (χ4n) is 8.08. The lowest BCUT2D eigenvalue weighted by atomic mass is 9.47. The Hall–Kier alpha value is -2.97. The van der Waals surface area contributed by atoms with Gasteiger partial charge in [-0.05, 0) is 103 Å². The summed E-state index contributed by atoms with van der Waals surface area (Å²) >= 11 is 0. The lowest BCUT2D eigenvalue weighted by Gasteiger charge is -2.57. The normalized spacial score (nSPS) is 35.7. The van der Waals surface area contributed by atoms with Gasteiger partial charge in [0.25, 0.3) is 0 Å². The monoisotopic (exact) mass is 467 g/mol. The van der Waals surface area contributed by atoms with Crippen LogP contribution in [0, 0.1) is 39.9 Å². The number of aldehydes is 1. The highest BCUT2D eigenvalue weighted by atomic mass is 16.3. The van der Waals surface area contributed by atoms with E-state index in [4.69, 9.17) is 10.4 Å². The number of aliphatic hydroxyl groups is 1. The zero-order chi connectivity index (χ0) is 24.4. The minimum absolute atomic E-state index is 0.0126. The summed E-state index contributed by atoms with van der Waals surface area (Å²) in [6, 6.07) is 9.45. The third kappa shape index (κ3) is 3.30. The van der Waals surface area contributed by atoms with E-state index in [0.717, 1.165) is 56.2 Å². The van der Waals surface area contributed by atoms with Crippen molar-refractivity contribution in [3.05, 3.63) is 65.0 Å². The maximum absolute atomic E-state index is 12.1. The molecule has 2 aromatic rings. The summed E-state index contributed by atoms with van der Waals surface area (Å²) in [5.41, 5.74) is 5.85. The minimum Gasteiger partial charge on any atom is -0.393 e. The summed E-state index contributed by atoms with van der Waals surface area (Å²) in [5, 5.41) is 24.3. The van der Waals surface area contributed by atoms with Crippen molar-refractivity contribution < 1.29 is 9.90 Å². The lowest BCUT2D eigenvalue weighted by Crippen LogP contribution is -2.49. The number of hydrogen-bond acceptors (Lipinski definition) is 4. The van der Waals surface area contributed by atoms with E-state index in [9.17, 15) is 9.90 Å². The van der Waals surface area contributed by atoms with E-state index in [2.05, 4.69) is 32.1 Å². The topological polar surface area (TPSA) is 78.9 Å². The van der Waals surface area contributed by atoms with Crippen LogP contribution in [-0.2, 0) is 0 Å². The van der Waals surface area contributed by atoms with E-state index in [1.807, 2.05) is 18.3 Å². The molecular formula is C30H33N3O2. The van der Waals surface area contributed by atoms with Gasteiger partial charge in [0.05, 0.1) is 34.7 Å². The number of nitriles is 1. The molecule has 0 saturated heterocycles. The van der Waals surface area contributed by atoms with Crippen LogP contribution in [-0.4, -0.2) is 27.3 Å². The molecule has 5 nitrogen and oxygen atoms in total. The van der Waals surface area contributed by atoms with Gasteiger partial charge in [-0.3, -0.25) is 4.79 Å². The summed E-state index contributed by atoms with van der Waals surface area (Å²) < 4.78 is 1.77. The molecular weight excluding hydrogens is 434 g/mol. The van der Waals surface area contributed by atoms with Crippen LogP contribution in [0.1, 0.15) is 80.4 Å². The molecule has 1 heterocycles. The van der Waals surface area contributed by atoms with Crippen LogP contribution in [0.3, 0.4) is 0 Å². The maximum Gasteiger partial charge on any atom is 0.153 e. The van der Waals surface area contributed by atoms with Crippen molar-refractivity contribution in [3.63, 3.8) is 0 Å². The molecule has 6 atom stereocenters. The number of benzene rings is 1. The third-order valence-electron chi connectivity index (χ3n) is 10.0. The molecule has 0 unspecified atom stereocenters. The van der Waals surface area contributed by atoms with Crippen LogP contribution in [0.5, 0.6) is 0 Å². The smallest absolute Gasteiger partial charge is 0.153 e. The van der Waals surface area contributed by atoms with E-state index >= 15 is 0 Å². The van der Waals surface area contributed by atoms with Crippen LogP contribution in [0.2, 0.25) is 0 Å². The van der Waals surface area contributed by atoms with E-state index in [1.165, 1.54) is 17.6 Å². The molecule has 4 aliphatic rings. The van der Waals surface area contributed by atoms with Crippen molar-refractivity contribution in [3.8, 4) is 11.8 Å². The van der Waals surface area contributed by atoms with E-state index < -0.39 is 0 Å². The molecule has 0 bridgehead atoms. The Balaban J connectivity index is 1.32. The Morgan fingerprint density at radius 1 is 1.09 bits per heavy atom. The van der Waals surface area contributed by atoms with Crippen LogP contribution in [0.15, 0.2) is 48.2 Å². The molecule has 1 aromatic heterocycles. The quantitative estimate of drug-likeness (QED) is 0.452. The molecule has 6 rings (SSSR count). The lowest BCUT2D eigenvalue weighted by molar-refractivity contribution is -0.0238. The number of nitrogens with zero attached hydrogens (tertiary/aromatic N) is 3. The zero-order valence-corrected chi connectivity index (χ0v) is 20.6. The van der Waals surface area contributed by atoms with Crippen LogP contribution in [0.4, 0.5) is 0 Å². The highest BCUT2D eigenvalue weighted by Crippen LogP contribution is 2.66. The summed E-state index contributed by atoms with van der Waals surface area (Å²) in [5.74, 6) is 1.85. The molecule has 2 saturated carbocycles. The highest BCUT2D eigenvalue weighted by Gasteiger charge is 2.57. The van der Waals surface area contributed by atoms with Crippen LogP contribution < -0.4 is 0 Å². The fraction of sp³-hybridized carbons (Fsp3) is 0.500. The average Bonchev–Trinajstić information content (AvgIpc) is 3.45. The predicted molar refractivity (Wildman–Crippen MR) is 135 cm³/mol. The van der Waals surface area contributed by atoms with Gasteiger partial charge in [-0.2, -0.15) is 10.4 Å². The summed E-state index contributed by atoms with van der Waals surface area (Å²) in [7, 11) is 0. The first-order chi connectivity index (χ1) is 16.9. The van der Waals surface area contributed by atoms with Crippen molar-refractivity contribution in [2.75, 3.05) is 0 Å². The van der Waals surface area contributed by atoms with Gasteiger partial charge in [-0.1, -0.05) is 31.6 Å². The van der Waals surface area contributed by atoms with E-state index in [1.54, 1.807) is 16.8 Å². The van der Waals surface area contributed by atoms with Gasteiger partial charge in [-0.25, -0.2) is 4.68 Å². The SMILES string of the molecule is C[C@]12CC[C@H](O)CC1=CC[C@@H]1[C@@H]2CC[C@]2(C)C(c3nn(-c4ccc(C#N)cc4)cc3C=O)=CC[C@@H]12. The van der Waals surface area contributed by atoms with Crippen molar-refractivity contribution in [1.82, 2.24) is 9.78 Å². The molecule has 0 spiro atoms. The van der Waals surface area contributed by atoms with Gasteiger partial charge < -0.3 is 5.11 Å². The number of hydrogen-bond donors (Lipinski definition) is 1. The molecule has 0 radical (unpaired) electrons. The van der Waals surface area contributed by atoms with Gasteiger partial charge in [0, 0.05) is 6.20 Å². The molecule has 5 heteroatoms. The number of fused-ring (bicyclic) bond motifs is 5. The molecule has 0 amide bonds. The Morgan fingerprint density at radius 3 is 2.60 bits per heavy atom. The van der Waals surface area contributed by atoms with Crippen molar-refractivity contribution in [2.45, 2.75) is 64.9 Å². The number of carbonyl (C=O) groups is 1. The molecule has 1 N–H and O–H groups in total. The number of aliphatic hydroxyl groups excluding tert-OH is 1. The Kier molecular flexibility index (Phi) is 5.16. The molecule has 0 aliphatic heterocycles. The summed E-state index contributed by atoms with van der Waals surface area (Å²) in [6.07, 6.45) is 14.7. The first-order valence-electron chi connectivity index (χ1n) is 13.0. The summed E-state index contributed by atoms with van der Waals surface area (Å²) in [6.45, 7) is 4.85. The van der Waals surface area contributed by atoms with Crippen molar-refractivity contribution in [2.24, 2.45) is 28.6 Å². The molecule has 2 fully saturated rings. The number of carbonyl (C=O) groups excluding carboxylic acids is 1. The van der Waals surface area contributed by atoms with Crippen molar-refractivity contribution >= 4 is 11.9 Å². The van der Waals surface area contributed by atoms with Gasteiger partial charge >= 0.3 is 0 Å². The Labute approximate surface area is 207 Å². The largest absolute Gasteiger partial charge is 0.393 e. The first-order valence-corrected chi connectivity index (χ1v) is 13.0. The summed E-state index contributed by atoms with van der Waals surface area (Å²) in [4.78, 5) is 12.1. The predicted octanol–water partition coefficient (Wildman–Crippen LogP) is 5.87. The van der Waals surface area contributed by atoms with Gasteiger partial charge in [0.1, 0.15) is 0 Å². The molecule has 180 valence electrons. The first kappa shape index (κ1) is 22.5. The Morgan fingerprint density at radius 2 is 1.86 bits per heavy atom. The van der Waals surface area contributed by atoms with Crippen LogP contribution in [0.25, 0.3) is 11.3 Å². The van der Waals surface area contributed by atoms with Gasteiger partial charge in [0.2, 0.25) is 0 Å². The maximum atomic E-state index is 12.1. The number of allylic oxidation sites excluding steroid dienone is 3. The fourth-order valence-corrected chi connectivity index (χ4v) is 8.08. The molecule has 4 aliphatic carbocycles. The standard InChI is InChI=1S/C30H33N3O2/c1-29-13-11-23(35)15-21(29)5-8-24-25-9-10-27(30(25,2)14-12-26(24)29)28-20(18-34)17-33(32-28)22-6-3-19(16-31)4-7-22/h3-7,10,17-18,23-26,35H,8-9,11-15H2,1-2H3/t23-,24-,25-,26-,29-,30-/m0/s1. The van der Waals surface area contributed by atoms with E-state index in [0.29, 0.717) is 28.9 Å². The third-order valence-corrected chi connectivity index (χ3v) is 10.0. The van der Waals surface area contributed by atoms with E-state index in [-0.39, 0.29) is 16.9 Å². The molecule has 35 heavy (non-hydrogen) atoms. The second kappa shape index (κ2) is 8.03. The van der Waals surface area contributed by atoms with Gasteiger partial charge in [0.15, 0.2) is 6.29 Å². The van der Waals surface area contributed by atoms with Crippen molar-refractivity contribution in [1.29, 1.82) is 5.26 Å². The van der Waals surface area contributed by atoms with Gasteiger partial charge in [-0.15, -0.1) is 0 Å². The molecule has 1 aromatic carbocycles. The zero-order valence-electron chi connectivity index (χ0n) is 20.6. The average molecular weight is 468 g/mol. The number of aromatic nitrogens is 2. The highest BCUT2D eigenvalue weighted by molar-refractivity contribution is 5.86. The van der Waals surface area contributed by atoms with Crippen LogP contribution >= 0.6 is 0 Å². The second-order valence-corrected chi connectivity index (χ2v) is 11.6. The second-order valence-electron chi connectivity index (χ2n) is 11.6.